The molecule has 0 radical (unpaired) electrons. The molecule has 2 rings (SSSR count). The Morgan fingerprint density at radius 3 is 2.45 bits per heavy atom. The van der Waals surface area contributed by atoms with Gasteiger partial charge in [-0.05, 0) is 44.5 Å². The molecule has 2 aromatic carbocycles. The largest absolute Gasteiger partial charge is 0.374 e. The highest BCUT2D eigenvalue weighted by Gasteiger charge is 2.15. The molecule has 0 aliphatic heterocycles. The Morgan fingerprint density at radius 1 is 1.05 bits per heavy atom. The number of benzene rings is 2. The molecule has 1 atom stereocenters. The maximum atomic E-state index is 13.5. The van der Waals surface area contributed by atoms with Crippen LogP contribution in [0.25, 0.3) is 0 Å². The minimum absolute atomic E-state index is 0.167. The van der Waals surface area contributed by atoms with Crippen molar-refractivity contribution in [3.63, 3.8) is 0 Å². The quantitative estimate of drug-likeness (QED) is 0.895. The average Bonchev–Trinajstić information content (AvgIpc) is 2.45. The molecule has 0 heterocycles. The van der Waals surface area contributed by atoms with Crippen LogP contribution in [0, 0.1) is 25.5 Å². The summed E-state index contributed by atoms with van der Waals surface area (Å²) in [5.41, 5.74) is 2.80. The monoisotopic (exact) mass is 304 g/mol. The summed E-state index contributed by atoms with van der Waals surface area (Å²) in [6.07, 6.45) is 0. The van der Waals surface area contributed by atoms with Gasteiger partial charge in [-0.1, -0.05) is 17.7 Å². The number of rotatable bonds is 4. The van der Waals surface area contributed by atoms with Gasteiger partial charge in [-0.3, -0.25) is 4.79 Å². The summed E-state index contributed by atoms with van der Waals surface area (Å²) in [5.74, 6) is -1.72. The smallest absolute Gasteiger partial charge is 0.246 e. The van der Waals surface area contributed by atoms with E-state index in [0.717, 1.165) is 35.0 Å². The van der Waals surface area contributed by atoms with Crippen LogP contribution in [-0.2, 0) is 4.79 Å². The van der Waals surface area contributed by atoms with Crippen LogP contribution in [-0.4, -0.2) is 11.9 Å². The molecule has 5 heteroatoms. The summed E-state index contributed by atoms with van der Waals surface area (Å²) < 4.78 is 26.6. The van der Waals surface area contributed by atoms with Crippen LogP contribution in [0.4, 0.5) is 20.2 Å². The van der Waals surface area contributed by atoms with Gasteiger partial charge in [-0.2, -0.15) is 0 Å². The highest BCUT2D eigenvalue weighted by molar-refractivity contribution is 5.96. The van der Waals surface area contributed by atoms with Gasteiger partial charge in [0.1, 0.15) is 17.7 Å². The fourth-order valence-corrected chi connectivity index (χ4v) is 2.11. The highest BCUT2D eigenvalue weighted by Crippen LogP contribution is 2.19. The fourth-order valence-electron chi connectivity index (χ4n) is 2.11. The van der Waals surface area contributed by atoms with Crippen molar-refractivity contribution in [2.45, 2.75) is 26.8 Å². The third-order valence-electron chi connectivity index (χ3n) is 3.33. The van der Waals surface area contributed by atoms with Crippen LogP contribution in [0.2, 0.25) is 0 Å². The Balaban J connectivity index is 2.07. The maximum Gasteiger partial charge on any atom is 0.246 e. The first-order valence-corrected chi connectivity index (χ1v) is 6.96. The Hall–Kier alpha value is -2.43. The second-order valence-corrected chi connectivity index (χ2v) is 5.30. The van der Waals surface area contributed by atoms with Gasteiger partial charge in [0.15, 0.2) is 0 Å². The van der Waals surface area contributed by atoms with Crippen molar-refractivity contribution in [2.24, 2.45) is 0 Å². The van der Waals surface area contributed by atoms with Crippen molar-refractivity contribution in [1.29, 1.82) is 0 Å². The summed E-state index contributed by atoms with van der Waals surface area (Å²) in [7, 11) is 0. The molecule has 0 aromatic heterocycles. The van der Waals surface area contributed by atoms with Gasteiger partial charge < -0.3 is 10.6 Å². The number of amides is 1. The zero-order chi connectivity index (χ0) is 16.3. The molecule has 0 aliphatic carbocycles. The zero-order valence-corrected chi connectivity index (χ0v) is 12.7. The van der Waals surface area contributed by atoms with Gasteiger partial charge in [0.2, 0.25) is 5.91 Å². The molecule has 116 valence electrons. The van der Waals surface area contributed by atoms with E-state index in [1.54, 1.807) is 6.92 Å². The van der Waals surface area contributed by atoms with Crippen LogP contribution < -0.4 is 10.6 Å². The van der Waals surface area contributed by atoms with Crippen LogP contribution in [0.3, 0.4) is 0 Å². The Bertz CT molecular complexity index is 701. The Kier molecular flexibility index (Phi) is 4.75. The number of anilines is 2. The predicted molar refractivity (Wildman–Crippen MR) is 84.0 cm³/mol. The molecule has 0 unspecified atom stereocenters. The van der Waals surface area contributed by atoms with Gasteiger partial charge in [0.05, 0.1) is 5.69 Å². The van der Waals surface area contributed by atoms with E-state index >= 15 is 0 Å². The minimum Gasteiger partial charge on any atom is -0.374 e. The van der Waals surface area contributed by atoms with E-state index in [-0.39, 0.29) is 5.69 Å². The molecule has 1 amide bonds. The number of halogens is 2. The lowest BCUT2D eigenvalue weighted by molar-refractivity contribution is -0.116. The number of hydrogen-bond donors (Lipinski definition) is 2. The van der Waals surface area contributed by atoms with E-state index in [1.807, 2.05) is 32.0 Å². The summed E-state index contributed by atoms with van der Waals surface area (Å²) in [4.78, 5) is 12.1. The van der Waals surface area contributed by atoms with Gasteiger partial charge in [0, 0.05) is 11.8 Å². The number of carbonyl (C=O) groups is 1. The molecular formula is C17H18F2N2O. The first-order valence-electron chi connectivity index (χ1n) is 6.96. The summed E-state index contributed by atoms with van der Waals surface area (Å²) in [6.45, 7) is 5.58. The second kappa shape index (κ2) is 6.56. The maximum absolute atomic E-state index is 13.5. The van der Waals surface area contributed by atoms with Gasteiger partial charge in [-0.25, -0.2) is 8.78 Å². The molecule has 0 saturated heterocycles. The summed E-state index contributed by atoms with van der Waals surface area (Å²) >= 11 is 0. The van der Waals surface area contributed by atoms with Gasteiger partial charge in [-0.15, -0.1) is 0 Å². The number of carbonyl (C=O) groups excluding carboxylic acids is 1. The van der Waals surface area contributed by atoms with Crippen LogP contribution in [0.5, 0.6) is 0 Å². The molecule has 3 nitrogen and oxygen atoms in total. The Labute approximate surface area is 128 Å². The highest BCUT2D eigenvalue weighted by atomic mass is 19.1. The van der Waals surface area contributed by atoms with Crippen molar-refractivity contribution in [2.75, 3.05) is 10.6 Å². The van der Waals surface area contributed by atoms with Crippen molar-refractivity contribution < 1.29 is 13.6 Å². The normalized spacial score (nSPS) is 11.9. The van der Waals surface area contributed by atoms with Crippen LogP contribution in [0.1, 0.15) is 18.1 Å². The van der Waals surface area contributed by atoms with E-state index in [4.69, 9.17) is 0 Å². The molecule has 0 bridgehead atoms. The fraction of sp³-hybridized carbons (Fsp3) is 0.235. The van der Waals surface area contributed by atoms with E-state index in [1.165, 1.54) is 0 Å². The molecule has 22 heavy (non-hydrogen) atoms. The topological polar surface area (TPSA) is 41.1 Å². The molecule has 0 aliphatic rings. The van der Waals surface area contributed by atoms with E-state index in [0.29, 0.717) is 0 Å². The molecule has 0 spiro atoms. The van der Waals surface area contributed by atoms with Crippen LogP contribution >= 0.6 is 0 Å². The zero-order valence-electron chi connectivity index (χ0n) is 12.7. The predicted octanol–water partition coefficient (Wildman–Crippen LogP) is 4.02. The number of hydrogen-bond acceptors (Lipinski definition) is 2. The SMILES string of the molecule is Cc1ccc(N[C@@H](C)C(=O)Nc2cc(F)ccc2F)c(C)c1. The lowest BCUT2D eigenvalue weighted by Gasteiger charge is -2.17. The number of aryl methyl sites for hydroxylation is 2. The van der Waals surface area contributed by atoms with Crippen molar-refractivity contribution in [1.82, 2.24) is 0 Å². The third kappa shape index (κ3) is 3.81. The van der Waals surface area contributed by atoms with E-state index in [2.05, 4.69) is 10.6 Å². The average molecular weight is 304 g/mol. The standard InChI is InChI=1S/C17H18F2N2O/c1-10-4-7-15(11(2)8-10)20-12(3)17(22)21-16-9-13(18)5-6-14(16)19/h4-9,12,20H,1-3H3,(H,21,22)/t12-/m0/s1. The van der Waals surface area contributed by atoms with Crippen molar-refractivity contribution in [3.8, 4) is 0 Å². The minimum atomic E-state index is -0.673. The van der Waals surface area contributed by atoms with Crippen LogP contribution in [0.15, 0.2) is 36.4 Å². The molecular weight excluding hydrogens is 286 g/mol. The van der Waals surface area contributed by atoms with E-state index in [9.17, 15) is 13.6 Å². The number of nitrogens with one attached hydrogen (secondary N) is 2. The third-order valence-corrected chi connectivity index (χ3v) is 3.33. The van der Waals surface area contributed by atoms with Crippen molar-refractivity contribution in [3.05, 3.63) is 59.2 Å². The van der Waals surface area contributed by atoms with E-state index < -0.39 is 23.6 Å². The summed E-state index contributed by atoms with van der Waals surface area (Å²) in [5, 5.41) is 5.45. The second-order valence-electron chi connectivity index (χ2n) is 5.30. The summed E-state index contributed by atoms with van der Waals surface area (Å²) in [6, 6.07) is 8.17. The first kappa shape index (κ1) is 15.9. The lowest BCUT2D eigenvalue weighted by atomic mass is 10.1. The molecule has 0 saturated carbocycles. The molecule has 2 N–H and O–H groups in total. The molecule has 2 aromatic rings. The first-order chi connectivity index (χ1) is 10.4. The molecule has 0 fully saturated rings. The van der Waals surface area contributed by atoms with Crippen molar-refractivity contribution >= 4 is 17.3 Å². The lowest BCUT2D eigenvalue weighted by Crippen LogP contribution is -2.32. The van der Waals surface area contributed by atoms with Gasteiger partial charge in [0.25, 0.3) is 0 Å². The Morgan fingerprint density at radius 2 is 1.77 bits per heavy atom. The van der Waals surface area contributed by atoms with Gasteiger partial charge >= 0.3 is 0 Å².